The van der Waals surface area contributed by atoms with Gasteiger partial charge in [-0.15, -0.1) is 3.77 Å². The van der Waals surface area contributed by atoms with Crippen LogP contribution in [0.15, 0.2) is 68.2 Å². The minimum absolute atomic E-state index is 0.0818. The Morgan fingerprint density at radius 2 is 1.54 bits per heavy atom. The zero-order chi connectivity index (χ0) is 17.8. The number of rotatable bonds is 5. The molecule has 8 heteroatoms. The highest BCUT2D eigenvalue weighted by Gasteiger charge is 2.24. The number of hydrogen-bond acceptors (Lipinski definition) is 5. The maximum atomic E-state index is 13.2. The summed E-state index contributed by atoms with van der Waals surface area (Å²) in [6.07, 6.45) is 0. The van der Waals surface area contributed by atoms with Crippen LogP contribution in [-0.2, 0) is 29.3 Å². The molecule has 2 rings (SSSR count). The van der Waals surface area contributed by atoms with Crippen LogP contribution in [0.5, 0.6) is 0 Å². The third-order valence-electron chi connectivity index (χ3n) is 3.19. The summed E-state index contributed by atoms with van der Waals surface area (Å²) >= 11 is 0. The standard InChI is InChI=1S/C16H17NO5S2/c1-13-8-10-15(11-9-13)24(20,21)17-23(19,12-16(18)22-2)14-6-4-3-5-7-14/h3-11H,12H2,1-2H3/t23-/m0/s1. The van der Waals surface area contributed by atoms with Crippen molar-refractivity contribution in [3.05, 3.63) is 60.2 Å². The molecule has 0 heterocycles. The maximum absolute atomic E-state index is 13.2. The van der Waals surface area contributed by atoms with Crippen LogP contribution in [0.25, 0.3) is 0 Å². The molecule has 0 spiro atoms. The summed E-state index contributed by atoms with van der Waals surface area (Å²) in [5.74, 6) is -1.44. The molecule has 0 aliphatic heterocycles. The molecule has 0 N–H and O–H groups in total. The number of nitrogens with zero attached hydrogens (tertiary/aromatic N) is 1. The molecule has 24 heavy (non-hydrogen) atoms. The van der Waals surface area contributed by atoms with Gasteiger partial charge in [-0.1, -0.05) is 35.9 Å². The molecule has 2 aromatic rings. The zero-order valence-corrected chi connectivity index (χ0v) is 14.8. The van der Waals surface area contributed by atoms with Crippen LogP contribution in [0.3, 0.4) is 0 Å². The van der Waals surface area contributed by atoms with E-state index in [1.54, 1.807) is 30.3 Å². The third kappa shape index (κ3) is 4.21. The van der Waals surface area contributed by atoms with Gasteiger partial charge in [0.2, 0.25) is 0 Å². The lowest BCUT2D eigenvalue weighted by Crippen LogP contribution is -2.19. The Hall–Kier alpha value is -2.19. The predicted octanol–water partition coefficient (Wildman–Crippen LogP) is 2.38. The molecule has 1 atom stereocenters. The number of esters is 1. The lowest BCUT2D eigenvalue weighted by molar-refractivity contribution is -0.137. The van der Waals surface area contributed by atoms with Gasteiger partial charge in [-0.25, -0.2) is 4.21 Å². The number of carbonyl (C=O) groups is 1. The fourth-order valence-electron chi connectivity index (χ4n) is 1.92. The number of benzene rings is 2. The van der Waals surface area contributed by atoms with E-state index >= 15 is 0 Å². The SMILES string of the molecule is COC(=O)C[S@@](=O)(=NS(=O)(=O)c1ccc(C)cc1)c1ccccc1. The van der Waals surface area contributed by atoms with E-state index in [2.05, 4.69) is 8.50 Å². The van der Waals surface area contributed by atoms with Gasteiger partial charge in [0.1, 0.15) is 15.5 Å². The predicted molar refractivity (Wildman–Crippen MR) is 90.5 cm³/mol. The molecule has 0 saturated carbocycles. The second-order valence-corrected chi connectivity index (χ2v) is 9.10. The van der Waals surface area contributed by atoms with E-state index in [1.807, 2.05) is 6.92 Å². The van der Waals surface area contributed by atoms with Gasteiger partial charge in [0.15, 0.2) is 0 Å². The molecule has 0 amide bonds. The van der Waals surface area contributed by atoms with Gasteiger partial charge in [-0.05, 0) is 31.2 Å². The monoisotopic (exact) mass is 367 g/mol. The van der Waals surface area contributed by atoms with Crippen LogP contribution in [0.1, 0.15) is 5.56 Å². The van der Waals surface area contributed by atoms with Crippen molar-refractivity contribution in [3.63, 3.8) is 0 Å². The van der Waals surface area contributed by atoms with Gasteiger partial charge in [0.05, 0.1) is 12.0 Å². The van der Waals surface area contributed by atoms with Crippen molar-refractivity contribution in [2.75, 3.05) is 12.9 Å². The number of sulfonamides is 1. The fourth-order valence-corrected chi connectivity index (χ4v) is 5.75. The molecular weight excluding hydrogens is 350 g/mol. The molecule has 128 valence electrons. The van der Waals surface area contributed by atoms with E-state index in [4.69, 9.17) is 0 Å². The quantitative estimate of drug-likeness (QED) is 0.757. The lowest BCUT2D eigenvalue weighted by atomic mass is 10.2. The summed E-state index contributed by atoms with van der Waals surface area (Å²) in [7, 11) is -6.59. The first-order chi connectivity index (χ1) is 11.3. The van der Waals surface area contributed by atoms with Crippen molar-refractivity contribution in [2.45, 2.75) is 16.7 Å². The van der Waals surface area contributed by atoms with Crippen molar-refractivity contribution in [1.82, 2.24) is 0 Å². The van der Waals surface area contributed by atoms with Crippen LogP contribution in [0, 0.1) is 6.92 Å². The Bertz CT molecular complexity index is 942. The van der Waals surface area contributed by atoms with Gasteiger partial charge in [-0.3, -0.25) is 4.79 Å². The Kier molecular flexibility index (Phi) is 5.40. The van der Waals surface area contributed by atoms with E-state index in [1.165, 1.54) is 24.3 Å². The normalized spacial score (nSPS) is 13.8. The number of aryl methyl sites for hydroxylation is 1. The van der Waals surface area contributed by atoms with E-state index in [0.29, 0.717) is 0 Å². The largest absolute Gasteiger partial charge is 0.468 e. The summed E-state index contributed by atoms with van der Waals surface area (Å²) in [6.45, 7) is 1.82. The summed E-state index contributed by atoms with van der Waals surface area (Å²) < 4.78 is 46.3. The number of methoxy groups -OCH3 is 1. The van der Waals surface area contributed by atoms with Gasteiger partial charge in [0, 0.05) is 4.90 Å². The molecule has 0 aliphatic carbocycles. The summed E-state index contributed by atoms with van der Waals surface area (Å²) in [5, 5.41) is 0. The van der Waals surface area contributed by atoms with Crippen molar-refractivity contribution in [3.8, 4) is 0 Å². The molecule has 0 aliphatic rings. The van der Waals surface area contributed by atoms with E-state index in [-0.39, 0.29) is 9.79 Å². The second kappa shape index (κ2) is 7.14. The number of carbonyl (C=O) groups excluding carboxylic acids is 1. The van der Waals surface area contributed by atoms with Gasteiger partial charge in [-0.2, -0.15) is 8.42 Å². The van der Waals surface area contributed by atoms with Crippen molar-refractivity contribution in [1.29, 1.82) is 0 Å². The van der Waals surface area contributed by atoms with Crippen molar-refractivity contribution >= 4 is 25.7 Å². The van der Waals surface area contributed by atoms with Crippen LogP contribution in [0.2, 0.25) is 0 Å². The smallest absolute Gasteiger partial charge is 0.319 e. The Morgan fingerprint density at radius 1 is 0.958 bits per heavy atom. The average molecular weight is 367 g/mol. The highest BCUT2D eigenvalue weighted by molar-refractivity contribution is 8.03. The van der Waals surface area contributed by atoms with Crippen LogP contribution in [-0.4, -0.2) is 31.5 Å². The molecule has 0 fully saturated rings. The molecule has 0 bridgehead atoms. The topological polar surface area (TPSA) is 89.9 Å². The van der Waals surface area contributed by atoms with E-state index in [0.717, 1.165) is 12.7 Å². The molecule has 2 aromatic carbocycles. The Balaban J connectivity index is 2.62. The van der Waals surface area contributed by atoms with Gasteiger partial charge >= 0.3 is 5.97 Å². The zero-order valence-electron chi connectivity index (χ0n) is 13.2. The van der Waals surface area contributed by atoms with Crippen LogP contribution < -0.4 is 0 Å². The highest BCUT2D eigenvalue weighted by Crippen LogP contribution is 2.21. The lowest BCUT2D eigenvalue weighted by Gasteiger charge is -2.09. The second-order valence-electron chi connectivity index (χ2n) is 5.04. The summed E-state index contributed by atoms with van der Waals surface area (Å²) in [4.78, 5) is 11.7. The Labute approximate surface area is 141 Å². The summed E-state index contributed by atoms with van der Waals surface area (Å²) in [5.41, 5.74) is 0.882. The molecule has 6 nitrogen and oxygen atoms in total. The molecule has 0 unspecified atom stereocenters. The number of hydrogen-bond donors (Lipinski definition) is 0. The first-order valence-corrected chi connectivity index (χ1v) is 10.1. The minimum Gasteiger partial charge on any atom is -0.468 e. The maximum Gasteiger partial charge on any atom is 0.319 e. The van der Waals surface area contributed by atoms with Crippen molar-refractivity contribution < 1.29 is 22.2 Å². The average Bonchev–Trinajstić information content (AvgIpc) is 2.55. The van der Waals surface area contributed by atoms with Crippen LogP contribution in [0.4, 0.5) is 0 Å². The van der Waals surface area contributed by atoms with E-state index in [9.17, 15) is 17.4 Å². The first kappa shape index (κ1) is 18.2. The highest BCUT2D eigenvalue weighted by atomic mass is 32.3. The third-order valence-corrected chi connectivity index (χ3v) is 7.44. The molecule has 0 aromatic heterocycles. The van der Waals surface area contributed by atoms with Gasteiger partial charge < -0.3 is 4.74 Å². The van der Waals surface area contributed by atoms with Crippen molar-refractivity contribution in [2.24, 2.45) is 3.77 Å². The number of ether oxygens (including phenoxy) is 1. The van der Waals surface area contributed by atoms with E-state index < -0.39 is 31.5 Å². The molecule has 0 radical (unpaired) electrons. The summed E-state index contributed by atoms with van der Waals surface area (Å²) in [6, 6.07) is 13.8. The molecule has 0 saturated heterocycles. The Morgan fingerprint density at radius 3 is 2.08 bits per heavy atom. The first-order valence-electron chi connectivity index (χ1n) is 6.96. The van der Waals surface area contributed by atoms with Crippen LogP contribution >= 0.6 is 0 Å². The fraction of sp³-hybridized carbons (Fsp3) is 0.188. The molecular formula is C16H17NO5S2. The van der Waals surface area contributed by atoms with Gasteiger partial charge in [0.25, 0.3) is 10.0 Å². The minimum atomic E-state index is -4.19.